The third-order valence-corrected chi connectivity index (χ3v) is 5.83. The Bertz CT molecular complexity index is 360. The second kappa shape index (κ2) is 7.59. The average Bonchev–Trinajstić information content (AvgIpc) is 2.13. The highest BCUT2D eigenvalue weighted by Gasteiger charge is 2.46. The Labute approximate surface area is 121 Å². The van der Waals surface area contributed by atoms with Crippen LogP contribution in [0.2, 0.25) is 0 Å². The van der Waals surface area contributed by atoms with Gasteiger partial charge in [-0.15, -0.1) is 0 Å². The van der Waals surface area contributed by atoms with Gasteiger partial charge in [0.05, 0.1) is 13.2 Å². The number of carbonyl (C=O) groups excluding carboxylic acids is 2. The first-order valence-electron chi connectivity index (χ1n) is 5.64. The molecule has 0 radical (unpaired) electrons. The maximum Gasteiger partial charge on any atom is 0.321 e. The standard InChI is InChI=1S/C10H19O6PS2/c1-5-15-8(11)7(9(12)16-6-2)10(3,4)19-17(13,14)18/h7H,5-6H2,1-4H3,(H2,13,14,18). The summed E-state index contributed by atoms with van der Waals surface area (Å²) in [5.41, 5.74) is -3.62. The van der Waals surface area contributed by atoms with E-state index in [1.807, 2.05) is 0 Å². The van der Waals surface area contributed by atoms with Crippen LogP contribution in [0.3, 0.4) is 0 Å². The Morgan fingerprint density at radius 1 is 1.21 bits per heavy atom. The fraction of sp³-hybridized carbons (Fsp3) is 0.800. The zero-order valence-electron chi connectivity index (χ0n) is 11.3. The highest BCUT2D eigenvalue weighted by molar-refractivity contribution is 8.67. The van der Waals surface area contributed by atoms with E-state index in [4.69, 9.17) is 9.47 Å². The van der Waals surface area contributed by atoms with E-state index >= 15 is 0 Å². The Morgan fingerprint density at radius 3 is 1.84 bits per heavy atom. The molecule has 0 fully saturated rings. The van der Waals surface area contributed by atoms with Gasteiger partial charge in [0.25, 0.3) is 0 Å². The summed E-state index contributed by atoms with van der Waals surface area (Å²) in [5, 5.41) is 0. The molecule has 0 unspecified atom stereocenters. The van der Waals surface area contributed by atoms with Crippen molar-refractivity contribution in [3.8, 4) is 0 Å². The van der Waals surface area contributed by atoms with Gasteiger partial charge in [-0.1, -0.05) is 11.4 Å². The van der Waals surface area contributed by atoms with Gasteiger partial charge >= 0.3 is 11.9 Å². The van der Waals surface area contributed by atoms with Crippen LogP contribution in [0.15, 0.2) is 0 Å². The first-order chi connectivity index (χ1) is 8.55. The van der Waals surface area contributed by atoms with Crippen LogP contribution in [-0.4, -0.2) is 39.7 Å². The molecule has 112 valence electrons. The summed E-state index contributed by atoms with van der Waals surface area (Å²) in [6.07, 6.45) is 0. The molecule has 6 nitrogen and oxygen atoms in total. The van der Waals surface area contributed by atoms with Gasteiger partial charge in [0, 0.05) is 4.75 Å². The number of hydrogen-bond acceptors (Lipinski definition) is 6. The second-order valence-electron chi connectivity index (χ2n) is 4.12. The predicted molar refractivity (Wildman–Crippen MR) is 77.1 cm³/mol. The molecule has 0 heterocycles. The van der Waals surface area contributed by atoms with Crippen LogP contribution in [0.5, 0.6) is 0 Å². The molecule has 0 bridgehead atoms. The van der Waals surface area contributed by atoms with Crippen LogP contribution in [0.25, 0.3) is 0 Å². The Hall–Kier alpha value is -0.140. The number of rotatable bonds is 7. The third-order valence-electron chi connectivity index (χ3n) is 2.09. The summed E-state index contributed by atoms with van der Waals surface area (Å²) in [6, 6.07) is 0. The van der Waals surface area contributed by atoms with Crippen LogP contribution in [0.1, 0.15) is 27.7 Å². The van der Waals surface area contributed by atoms with Crippen molar-refractivity contribution in [1.82, 2.24) is 0 Å². The van der Waals surface area contributed by atoms with Crippen LogP contribution in [-0.2, 0) is 30.9 Å². The second-order valence-corrected chi connectivity index (χ2v) is 10.6. The van der Waals surface area contributed by atoms with Crippen molar-refractivity contribution in [2.45, 2.75) is 32.4 Å². The summed E-state index contributed by atoms with van der Waals surface area (Å²) in [7, 11) is 0. The van der Waals surface area contributed by atoms with Gasteiger partial charge in [0.2, 0.25) is 5.69 Å². The van der Waals surface area contributed by atoms with Crippen molar-refractivity contribution in [2.75, 3.05) is 13.2 Å². The molecule has 0 aliphatic carbocycles. The molecule has 0 aliphatic heterocycles. The smallest absolute Gasteiger partial charge is 0.321 e. The van der Waals surface area contributed by atoms with Crippen LogP contribution in [0.4, 0.5) is 0 Å². The molecule has 0 amide bonds. The van der Waals surface area contributed by atoms with E-state index in [0.717, 1.165) is 0 Å². The maximum atomic E-state index is 11.9. The predicted octanol–water partition coefficient (Wildman–Crippen LogP) is 1.45. The normalized spacial score (nSPS) is 12.4. The summed E-state index contributed by atoms with van der Waals surface area (Å²) < 4.78 is 8.53. The molecule has 0 spiro atoms. The minimum Gasteiger partial charge on any atom is -0.465 e. The first-order valence-corrected chi connectivity index (χ1v) is 9.77. The molecule has 0 aromatic heterocycles. The van der Waals surface area contributed by atoms with Crippen molar-refractivity contribution >= 4 is 40.8 Å². The molecule has 19 heavy (non-hydrogen) atoms. The zero-order valence-corrected chi connectivity index (χ0v) is 13.8. The Morgan fingerprint density at radius 2 is 1.58 bits per heavy atom. The van der Waals surface area contributed by atoms with E-state index in [2.05, 4.69) is 11.8 Å². The fourth-order valence-corrected chi connectivity index (χ4v) is 6.27. The molecule has 0 rings (SSSR count). The summed E-state index contributed by atoms with van der Waals surface area (Å²) in [6.45, 7) is 6.49. The van der Waals surface area contributed by atoms with E-state index in [-0.39, 0.29) is 13.2 Å². The minimum absolute atomic E-state index is 0.113. The van der Waals surface area contributed by atoms with E-state index in [0.29, 0.717) is 11.4 Å². The molecule has 2 N–H and O–H groups in total. The summed E-state index contributed by atoms with van der Waals surface area (Å²) in [5.74, 6) is -2.79. The highest BCUT2D eigenvalue weighted by atomic mass is 32.9. The van der Waals surface area contributed by atoms with Crippen LogP contribution < -0.4 is 0 Å². The number of carbonyl (C=O) groups is 2. The summed E-state index contributed by atoms with van der Waals surface area (Å²) in [4.78, 5) is 42.5. The quantitative estimate of drug-likeness (QED) is 0.412. The van der Waals surface area contributed by atoms with Gasteiger partial charge in [0.1, 0.15) is 0 Å². The monoisotopic (exact) mass is 330 g/mol. The first kappa shape index (κ1) is 18.9. The third kappa shape index (κ3) is 6.72. The van der Waals surface area contributed by atoms with Gasteiger partial charge in [-0.3, -0.25) is 9.59 Å². The average molecular weight is 330 g/mol. The van der Waals surface area contributed by atoms with Crippen molar-refractivity contribution < 1.29 is 28.8 Å². The van der Waals surface area contributed by atoms with Gasteiger partial charge in [-0.2, -0.15) is 0 Å². The van der Waals surface area contributed by atoms with E-state index in [9.17, 15) is 19.4 Å². The van der Waals surface area contributed by atoms with Gasteiger partial charge in [0.15, 0.2) is 5.92 Å². The highest BCUT2D eigenvalue weighted by Crippen LogP contribution is 2.59. The van der Waals surface area contributed by atoms with Crippen LogP contribution >= 0.6 is 17.1 Å². The summed E-state index contributed by atoms with van der Waals surface area (Å²) >= 11 is 5.15. The van der Waals surface area contributed by atoms with E-state index < -0.39 is 28.3 Å². The number of hydrogen-bond donors (Lipinski definition) is 2. The van der Waals surface area contributed by atoms with Crippen molar-refractivity contribution in [1.29, 1.82) is 0 Å². The Kier molecular flexibility index (Phi) is 7.54. The van der Waals surface area contributed by atoms with E-state index in [1.54, 1.807) is 13.8 Å². The largest absolute Gasteiger partial charge is 0.465 e. The zero-order chi connectivity index (χ0) is 15.3. The fourth-order valence-electron chi connectivity index (χ4n) is 1.47. The molecular weight excluding hydrogens is 311 g/mol. The van der Waals surface area contributed by atoms with Gasteiger partial charge in [-0.25, -0.2) is 0 Å². The topological polar surface area (TPSA) is 93.1 Å². The minimum atomic E-state index is -3.62. The van der Waals surface area contributed by atoms with Gasteiger partial charge < -0.3 is 19.3 Å². The van der Waals surface area contributed by atoms with Crippen LogP contribution in [0, 0.1) is 5.92 Å². The lowest BCUT2D eigenvalue weighted by Crippen LogP contribution is -2.42. The lowest BCUT2D eigenvalue weighted by molar-refractivity contribution is -0.162. The van der Waals surface area contributed by atoms with E-state index in [1.165, 1.54) is 13.8 Å². The molecule has 9 heteroatoms. The lowest BCUT2D eigenvalue weighted by Gasteiger charge is -2.31. The lowest BCUT2D eigenvalue weighted by atomic mass is 9.95. The number of ether oxygens (including phenoxy) is 2. The molecule has 0 saturated carbocycles. The molecule has 0 aromatic carbocycles. The number of esters is 2. The van der Waals surface area contributed by atoms with Crippen molar-refractivity contribution in [3.63, 3.8) is 0 Å². The van der Waals surface area contributed by atoms with Crippen molar-refractivity contribution in [3.05, 3.63) is 0 Å². The molecular formula is C10H19O6PS2. The molecule has 0 saturated heterocycles. The van der Waals surface area contributed by atoms with Gasteiger partial charge in [-0.05, 0) is 39.5 Å². The molecule has 0 aliphatic rings. The maximum absolute atomic E-state index is 11.9. The molecule has 0 atom stereocenters. The Balaban J connectivity index is 5.27. The SMILES string of the molecule is CCOC(=O)C(C(=O)OCC)C(C)(C)SP(O)(O)=S. The van der Waals surface area contributed by atoms with Crippen molar-refractivity contribution in [2.24, 2.45) is 5.92 Å². The molecule has 0 aromatic rings.